The van der Waals surface area contributed by atoms with Gasteiger partial charge in [0.2, 0.25) is 0 Å². The molecule has 1 atom stereocenters. The molecule has 1 aliphatic heterocycles. The first kappa shape index (κ1) is 15.6. The molecule has 0 saturated carbocycles. The zero-order valence-electron chi connectivity index (χ0n) is 13.3. The number of benzene rings is 1. The summed E-state index contributed by atoms with van der Waals surface area (Å²) in [5.74, 6) is 0. The second-order valence-electron chi connectivity index (χ2n) is 5.75. The highest BCUT2D eigenvalue weighted by atomic mass is 16.3. The van der Waals surface area contributed by atoms with Gasteiger partial charge in [0.05, 0.1) is 24.5 Å². The molecule has 0 fully saturated rings. The molecule has 6 nitrogen and oxygen atoms in total. The smallest absolute Gasteiger partial charge is 0.317 e. The molecule has 2 N–H and O–H groups in total. The van der Waals surface area contributed by atoms with E-state index in [0.717, 1.165) is 17.7 Å². The molecule has 0 aliphatic carbocycles. The SMILES string of the molecule is CCCNC(=O)N1CCn2nc(C(O)c3ccccc3)cc2C1. The predicted octanol–water partition coefficient (Wildman–Crippen LogP) is 1.90. The third-order valence-electron chi connectivity index (χ3n) is 4.03. The molecule has 0 bridgehead atoms. The van der Waals surface area contributed by atoms with Crippen molar-refractivity contribution in [3.8, 4) is 0 Å². The van der Waals surface area contributed by atoms with Gasteiger partial charge < -0.3 is 15.3 Å². The summed E-state index contributed by atoms with van der Waals surface area (Å²) in [6.07, 6.45) is 0.182. The third-order valence-corrected chi connectivity index (χ3v) is 4.03. The molecule has 2 amide bonds. The van der Waals surface area contributed by atoms with Gasteiger partial charge in [-0.25, -0.2) is 4.79 Å². The van der Waals surface area contributed by atoms with Crippen molar-refractivity contribution in [1.29, 1.82) is 0 Å². The van der Waals surface area contributed by atoms with Crippen molar-refractivity contribution in [2.75, 3.05) is 13.1 Å². The first-order chi connectivity index (χ1) is 11.2. The van der Waals surface area contributed by atoms with Crippen molar-refractivity contribution >= 4 is 6.03 Å². The van der Waals surface area contributed by atoms with Crippen LogP contribution in [0.2, 0.25) is 0 Å². The van der Waals surface area contributed by atoms with Crippen LogP contribution in [0.1, 0.15) is 36.4 Å². The molecule has 6 heteroatoms. The lowest BCUT2D eigenvalue weighted by atomic mass is 10.1. The molecule has 1 aromatic carbocycles. The number of hydrogen-bond acceptors (Lipinski definition) is 3. The Morgan fingerprint density at radius 3 is 2.87 bits per heavy atom. The van der Waals surface area contributed by atoms with Crippen molar-refractivity contribution in [1.82, 2.24) is 20.0 Å². The molecule has 0 radical (unpaired) electrons. The number of hydrogen-bond donors (Lipinski definition) is 2. The Hall–Kier alpha value is -2.34. The van der Waals surface area contributed by atoms with Gasteiger partial charge in [0.15, 0.2) is 0 Å². The number of urea groups is 1. The van der Waals surface area contributed by atoms with Crippen LogP contribution in [-0.2, 0) is 13.1 Å². The summed E-state index contributed by atoms with van der Waals surface area (Å²) in [4.78, 5) is 13.8. The Balaban J connectivity index is 1.73. The average molecular weight is 314 g/mol. The minimum absolute atomic E-state index is 0.0375. The molecule has 3 rings (SSSR count). The molecule has 2 aromatic rings. The lowest BCUT2D eigenvalue weighted by Gasteiger charge is -2.27. The van der Waals surface area contributed by atoms with E-state index in [1.54, 1.807) is 4.90 Å². The average Bonchev–Trinajstić information content (AvgIpc) is 3.02. The Labute approximate surface area is 135 Å². The lowest BCUT2D eigenvalue weighted by Crippen LogP contribution is -2.44. The molecule has 122 valence electrons. The largest absolute Gasteiger partial charge is 0.382 e. The fourth-order valence-corrected chi connectivity index (χ4v) is 2.75. The van der Waals surface area contributed by atoms with Crippen LogP contribution < -0.4 is 5.32 Å². The van der Waals surface area contributed by atoms with E-state index < -0.39 is 6.10 Å². The molecular formula is C17H22N4O2. The summed E-state index contributed by atoms with van der Waals surface area (Å²) >= 11 is 0. The maximum atomic E-state index is 12.1. The highest BCUT2D eigenvalue weighted by molar-refractivity contribution is 5.74. The van der Waals surface area contributed by atoms with Crippen LogP contribution in [-0.4, -0.2) is 38.9 Å². The van der Waals surface area contributed by atoms with Crippen LogP contribution in [0.4, 0.5) is 4.79 Å². The first-order valence-corrected chi connectivity index (χ1v) is 8.01. The number of aliphatic hydroxyl groups excluding tert-OH is 1. The molecule has 0 spiro atoms. The topological polar surface area (TPSA) is 70.4 Å². The number of carbonyl (C=O) groups is 1. The minimum atomic E-state index is -0.739. The van der Waals surface area contributed by atoms with Crippen LogP contribution in [0.15, 0.2) is 36.4 Å². The standard InChI is InChI=1S/C17H22N4O2/c1-2-8-18-17(23)20-9-10-21-14(12-20)11-15(19-21)16(22)13-6-4-3-5-7-13/h3-7,11,16,22H,2,8-10,12H2,1H3,(H,18,23). The molecule has 1 unspecified atom stereocenters. The fraction of sp³-hybridized carbons (Fsp3) is 0.412. The van der Waals surface area contributed by atoms with Crippen molar-refractivity contribution < 1.29 is 9.90 Å². The van der Waals surface area contributed by atoms with Crippen LogP contribution in [0.5, 0.6) is 0 Å². The van der Waals surface area contributed by atoms with Crippen LogP contribution in [0.3, 0.4) is 0 Å². The van der Waals surface area contributed by atoms with Gasteiger partial charge in [-0.1, -0.05) is 37.3 Å². The van der Waals surface area contributed by atoms with Crippen molar-refractivity contribution in [3.63, 3.8) is 0 Å². The zero-order chi connectivity index (χ0) is 16.2. The van der Waals surface area contributed by atoms with E-state index >= 15 is 0 Å². The maximum absolute atomic E-state index is 12.1. The monoisotopic (exact) mass is 314 g/mol. The van der Waals surface area contributed by atoms with Gasteiger partial charge in [0, 0.05) is 13.1 Å². The zero-order valence-corrected chi connectivity index (χ0v) is 13.3. The van der Waals surface area contributed by atoms with Gasteiger partial charge in [-0.15, -0.1) is 0 Å². The molecular weight excluding hydrogens is 292 g/mol. The second kappa shape index (κ2) is 6.83. The van der Waals surface area contributed by atoms with E-state index in [-0.39, 0.29) is 6.03 Å². The Bertz CT molecular complexity index is 668. The number of aliphatic hydroxyl groups is 1. The summed E-state index contributed by atoms with van der Waals surface area (Å²) in [6.45, 7) is 4.51. The number of aromatic nitrogens is 2. The first-order valence-electron chi connectivity index (χ1n) is 8.01. The van der Waals surface area contributed by atoms with Crippen molar-refractivity contribution in [3.05, 3.63) is 53.3 Å². The fourth-order valence-electron chi connectivity index (χ4n) is 2.75. The summed E-state index contributed by atoms with van der Waals surface area (Å²) < 4.78 is 1.88. The molecule has 0 saturated heterocycles. The van der Waals surface area contributed by atoms with E-state index in [0.29, 0.717) is 31.9 Å². The number of fused-ring (bicyclic) bond motifs is 1. The Morgan fingerprint density at radius 1 is 1.35 bits per heavy atom. The molecule has 1 aromatic heterocycles. The summed E-state index contributed by atoms with van der Waals surface area (Å²) in [5.41, 5.74) is 2.40. The number of carbonyl (C=O) groups excluding carboxylic acids is 1. The van der Waals surface area contributed by atoms with Gasteiger partial charge in [-0.05, 0) is 18.1 Å². The Morgan fingerprint density at radius 2 is 2.13 bits per heavy atom. The van der Waals surface area contributed by atoms with Crippen LogP contribution in [0.25, 0.3) is 0 Å². The van der Waals surface area contributed by atoms with Gasteiger partial charge in [0.1, 0.15) is 6.10 Å². The summed E-state index contributed by atoms with van der Waals surface area (Å²) in [7, 11) is 0. The number of rotatable bonds is 4. The number of amides is 2. The summed E-state index contributed by atoms with van der Waals surface area (Å²) in [6, 6.07) is 11.3. The van der Waals surface area contributed by atoms with E-state index in [1.165, 1.54) is 0 Å². The number of nitrogens with zero attached hydrogens (tertiary/aromatic N) is 3. The van der Waals surface area contributed by atoms with Crippen molar-refractivity contribution in [2.24, 2.45) is 0 Å². The Kier molecular flexibility index (Phi) is 4.62. The predicted molar refractivity (Wildman–Crippen MR) is 86.8 cm³/mol. The van der Waals surface area contributed by atoms with E-state index in [4.69, 9.17) is 0 Å². The van der Waals surface area contributed by atoms with E-state index in [1.807, 2.05) is 48.0 Å². The van der Waals surface area contributed by atoms with Gasteiger partial charge in [-0.3, -0.25) is 4.68 Å². The van der Waals surface area contributed by atoms with Crippen molar-refractivity contribution in [2.45, 2.75) is 32.5 Å². The van der Waals surface area contributed by atoms with E-state index in [9.17, 15) is 9.90 Å². The summed E-state index contributed by atoms with van der Waals surface area (Å²) in [5, 5.41) is 17.9. The van der Waals surface area contributed by atoms with Gasteiger partial charge in [0.25, 0.3) is 0 Å². The lowest BCUT2D eigenvalue weighted by molar-refractivity contribution is 0.180. The molecule has 23 heavy (non-hydrogen) atoms. The van der Waals surface area contributed by atoms with Crippen LogP contribution in [0, 0.1) is 0 Å². The number of nitrogens with one attached hydrogen (secondary N) is 1. The van der Waals surface area contributed by atoms with E-state index in [2.05, 4.69) is 10.4 Å². The molecule has 2 heterocycles. The minimum Gasteiger partial charge on any atom is -0.382 e. The molecule has 1 aliphatic rings. The maximum Gasteiger partial charge on any atom is 0.317 e. The highest BCUT2D eigenvalue weighted by Crippen LogP contribution is 2.23. The third kappa shape index (κ3) is 3.37. The van der Waals surface area contributed by atoms with Gasteiger partial charge in [-0.2, -0.15) is 5.10 Å². The quantitative estimate of drug-likeness (QED) is 0.905. The normalized spacial score (nSPS) is 15.1. The highest BCUT2D eigenvalue weighted by Gasteiger charge is 2.24. The second-order valence-corrected chi connectivity index (χ2v) is 5.75. The van der Waals surface area contributed by atoms with Crippen LogP contribution >= 0.6 is 0 Å². The van der Waals surface area contributed by atoms with Gasteiger partial charge >= 0.3 is 6.03 Å².